The van der Waals surface area contributed by atoms with E-state index in [-0.39, 0.29) is 0 Å². The average Bonchev–Trinajstić information content (AvgIpc) is 2.03. The molecule has 0 unspecified atom stereocenters. The molecule has 0 atom stereocenters. The van der Waals surface area contributed by atoms with Crippen LogP contribution < -0.4 is 0 Å². The van der Waals surface area contributed by atoms with Gasteiger partial charge in [0.1, 0.15) is 0 Å². The summed E-state index contributed by atoms with van der Waals surface area (Å²) in [5, 5.41) is 4.20. The Morgan fingerprint density at radius 2 is 1.83 bits per heavy atom. The third-order valence-corrected chi connectivity index (χ3v) is 1.25. The molecule has 0 saturated heterocycles. The van der Waals surface area contributed by atoms with E-state index in [1.165, 1.54) is 0 Å². The molecule has 0 aliphatic heterocycles. The fourth-order valence-corrected chi connectivity index (χ4v) is 0.720. The Morgan fingerprint density at radius 3 is 2.33 bits per heavy atom. The molecule has 0 N–H and O–H groups in total. The summed E-state index contributed by atoms with van der Waals surface area (Å²) in [7, 11) is 5.78. The lowest BCUT2D eigenvalue weighted by Crippen LogP contribution is -2.27. The van der Waals surface area contributed by atoms with Crippen molar-refractivity contribution < 1.29 is 5.96 Å². The molecule has 0 aliphatic rings. The predicted molar refractivity (Wildman–Crippen MR) is 52.1 cm³/mol. The highest BCUT2D eigenvalue weighted by Gasteiger charge is 2.00. The van der Waals surface area contributed by atoms with Gasteiger partial charge < -0.3 is 0 Å². The van der Waals surface area contributed by atoms with E-state index >= 15 is 0 Å². The molecule has 1 aromatic rings. The monoisotopic (exact) mass is 164 g/mol. The van der Waals surface area contributed by atoms with E-state index in [9.17, 15) is 0 Å². The van der Waals surface area contributed by atoms with Crippen LogP contribution in [0.3, 0.4) is 0 Å². The molecule has 1 aromatic carbocycles. The lowest BCUT2D eigenvalue weighted by atomic mass is 10.2. The Bertz CT molecular complexity index is 298. The summed E-state index contributed by atoms with van der Waals surface area (Å²) in [4.78, 5) is 0. The van der Waals surface area contributed by atoms with Gasteiger partial charge in [-0.05, 0) is 5.56 Å². The lowest BCUT2D eigenvalue weighted by molar-refractivity contribution is -0.876. The minimum absolute atomic E-state index is 0.327. The SMILES string of the molecule is [2H]/C(=N\[N+](C)(C)C)c1ccccc1. The molecule has 0 heterocycles. The first kappa shape index (κ1) is 7.50. The van der Waals surface area contributed by atoms with Crippen LogP contribution in [0.1, 0.15) is 6.93 Å². The fourth-order valence-electron chi connectivity index (χ4n) is 0.720. The number of nitrogens with zero attached hydrogens (tertiary/aromatic N) is 2. The largest absolute Gasteiger partial charge is 0.205 e. The van der Waals surface area contributed by atoms with Gasteiger partial charge in [0.15, 0.2) is 0 Å². The summed E-state index contributed by atoms with van der Waals surface area (Å²) in [5.74, 6) is 0. The highest BCUT2D eigenvalue weighted by molar-refractivity contribution is 5.78. The molecule has 2 heteroatoms. The van der Waals surface area contributed by atoms with E-state index in [4.69, 9.17) is 1.37 Å². The van der Waals surface area contributed by atoms with Gasteiger partial charge in [0.05, 0.1) is 28.7 Å². The van der Waals surface area contributed by atoms with Crippen molar-refractivity contribution in [1.29, 1.82) is 0 Å². The first-order valence-corrected chi connectivity index (χ1v) is 3.93. The zero-order chi connectivity index (χ0) is 9.90. The molecule has 0 spiro atoms. The van der Waals surface area contributed by atoms with Gasteiger partial charge in [0.25, 0.3) is 0 Å². The van der Waals surface area contributed by atoms with E-state index in [1.807, 2.05) is 51.5 Å². The fraction of sp³-hybridized carbons (Fsp3) is 0.300. The lowest BCUT2D eigenvalue weighted by Gasteiger charge is -2.14. The molecule has 0 saturated carbocycles. The Morgan fingerprint density at radius 1 is 1.25 bits per heavy atom. The number of hydrogen-bond donors (Lipinski definition) is 0. The maximum Gasteiger partial charge on any atom is 0.0923 e. The third kappa shape index (κ3) is 3.30. The number of benzene rings is 1. The molecule has 12 heavy (non-hydrogen) atoms. The maximum absolute atomic E-state index is 7.70. The van der Waals surface area contributed by atoms with Gasteiger partial charge in [-0.25, -0.2) is 4.59 Å². The average molecular weight is 164 g/mol. The summed E-state index contributed by atoms with van der Waals surface area (Å²) in [6.07, 6.45) is 0.327. The zero-order valence-corrected chi connectivity index (χ0v) is 7.78. The second-order valence-corrected chi connectivity index (χ2v) is 3.52. The quantitative estimate of drug-likeness (QED) is 0.358. The van der Waals surface area contributed by atoms with Crippen LogP contribution in [0.4, 0.5) is 0 Å². The molecule has 0 radical (unpaired) electrons. The zero-order valence-electron chi connectivity index (χ0n) is 8.78. The predicted octanol–water partition coefficient (Wildman–Crippen LogP) is 1.73. The van der Waals surface area contributed by atoms with Crippen LogP contribution in [0, 0.1) is 0 Å². The first-order chi connectivity index (χ1) is 5.99. The van der Waals surface area contributed by atoms with Crippen LogP contribution in [0.15, 0.2) is 35.4 Å². The number of rotatable bonds is 2. The minimum atomic E-state index is 0.327. The van der Waals surface area contributed by atoms with Crippen LogP contribution in [-0.4, -0.2) is 31.9 Å². The van der Waals surface area contributed by atoms with Crippen molar-refractivity contribution in [2.75, 3.05) is 21.1 Å². The van der Waals surface area contributed by atoms with Gasteiger partial charge in [-0.1, -0.05) is 35.4 Å². The van der Waals surface area contributed by atoms with E-state index in [0.29, 0.717) is 10.8 Å². The van der Waals surface area contributed by atoms with Crippen molar-refractivity contribution in [3.8, 4) is 0 Å². The van der Waals surface area contributed by atoms with Crippen LogP contribution in [0.2, 0.25) is 0 Å². The van der Waals surface area contributed by atoms with Crippen molar-refractivity contribution in [2.45, 2.75) is 0 Å². The number of hydrogen-bond acceptors (Lipinski definition) is 1. The second kappa shape index (κ2) is 3.50. The molecule has 0 amide bonds. The maximum atomic E-state index is 7.70. The Hall–Kier alpha value is -1.15. The molecule has 0 bridgehead atoms. The minimum Gasteiger partial charge on any atom is -0.205 e. The second-order valence-electron chi connectivity index (χ2n) is 3.52. The van der Waals surface area contributed by atoms with Gasteiger partial charge >= 0.3 is 0 Å². The highest BCUT2D eigenvalue weighted by atomic mass is 15.6. The first-order valence-electron chi connectivity index (χ1n) is 4.43. The molecule has 2 nitrogen and oxygen atoms in total. The van der Waals surface area contributed by atoms with E-state index in [2.05, 4.69) is 5.10 Å². The molecule has 0 aliphatic carbocycles. The molecule has 64 valence electrons. The molecule has 0 fully saturated rings. The molecule has 0 aromatic heterocycles. The van der Waals surface area contributed by atoms with E-state index < -0.39 is 0 Å². The number of quaternary nitrogens is 1. The van der Waals surface area contributed by atoms with E-state index in [1.54, 1.807) is 0 Å². The van der Waals surface area contributed by atoms with Crippen LogP contribution in [-0.2, 0) is 0 Å². The third-order valence-electron chi connectivity index (χ3n) is 1.25. The highest BCUT2D eigenvalue weighted by Crippen LogP contribution is 1.96. The smallest absolute Gasteiger partial charge is 0.0923 e. The summed E-state index contributed by atoms with van der Waals surface area (Å²) in [6, 6.07) is 9.54. The molecule has 1 rings (SSSR count). The van der Waals surface area contributed by atoms with E-state index in [0.717, 1.165) is 5.56 Å². The summed E-state index contributed by atoms with van der Waals surface area (Å²) < 4.78 is 8.13. The summed E-state index contributed by atoms with van der Waals surface area (Å²) in [5.41, 5.74) is 0.857. The van der Waals surface area contributed by atoms with Crippen molar-refractivity contribution >= 4 is 6.19 Å². The van der Waals surface area contributed by atoms with Crippen molar-refractivity contribution in [2.24, 2.45) is 5.10 Å². The Kier molecular flexibility index (Phi) is 2.19. The van der Waals surface area contributed by atoms with Gasteiger partial charge in [-0.15, -0.1) is 0 Å². The Balaban J connectivity index is 2.92. The van der Waals surface area contributed by atoms with Crippen molar-refractivity contribution in [1.82, 2.24) is 0 Å². The van der Waals surface area contributed by atoms with Crippen molar-refractivity contribution in [3.63, 3.8) is 0 Å². The van der Waals surface area contributed by atoms with Gasteiger partial charge in [-0.3, -0.25) is 0 Å². The standard InChI is InChI=1S/C10H15N2/c1-12(2,3)11-9-10-7-5-4-6-8-10/h4-9H,1-3H3/q+1/b11-9+/i9D. The van der Waals surface area contributed by atoms with Gasteiger partial charge in [-0.2, -0.15) is 0 Å². The van der Waals surface area contributed by atoms with Gasteiger partial charge in [0, 0.05) is 0 Å². The molecular formula is C10H15N2+. The van der Waals surface area contributed by atoms with Crippen LogP contribution in [0.25, 0.3) is 0 Å². The van der Waals surface area contributed by atoms with Crippen molar-refractivity contribution in [3.05, 3.63) is 35.9 Å². The van der Waals surface area contributed by atoms with Crippen LogP contribution in [0.5, 0.6) is 0 Å². The molecular weight excluding hydrogens is 148 g/mol. The van der Waals surface area contributed by atoms with Gasteiger partial charge in [0.2, 0.25) is 0 Å². The summed E-state index contributed by atoms with van der Waals surface area (Å²) >= 11 is 0. The topological polar surface area (TPSA) is 12.4 Å². The van der Waals surface area contributed by atoms with Crippen LogP contribution >= 0.6 is 0 Å². The normalized spacial score (nSPS) is 14.2. The Labute approximate surface area is 75.1 Å². The summed E-state index contributed by atoms with van der Waals surface area (Å²) in [6.45, 7) is 0.